The van der Waals surface area contributed by atoms with Crippen molar-refractivity contribution in [2.75, 3.05) is 24.5 Å². The van der Waals surface area contributed by atoms with Crippen LogP contribution in [-0.2, 0) is 6.54 Å². The minimum absolute atomic E-state index is 0. The maximum absolute atomic E-state index is 5.17. The Hall–Kier alpha value is -1.17. The molecule has 0 aliphatic heterocycles. The number of hydrogen-bond acceptors (Lipinski definition) is 2. The Bertz CT molecular complexity index is 336. The first-order valence-corrected chi connectivity index (χ1v) is 5.79. The van der Waals surface area contributed by atoms with E-state index in [0.29, 0.717) is 6.54 Å². The fourth-order valence-electron chi connectivity index (χ4n) is 1.69. The normalized spacial score (nSPS) is 9.24. The Morgan fingerprint density at radius 2 is 1.76 bits per heavy atom. The summed E-state index contributed by atoms with van der Waals surface area (Å²) in [6.45, 7) is 7.90. The van der Waals surface area contributed by atoms with E-state index in [2.05, 4.69) is 54.3 Å². The molecule has 94 valence electrons. The maximum Gasteiger partial charge on any atom is 0.0576 e. The number of anilines is 1. The number of terminal acetylenes is 1. The number of hydrogen-bond donors (Lipinski definition) is 1. The Labute approximate surface area is 111 Å². The van der Waals surface area contributed by atoms with Crippen LogP contribution in [-0.4, -0.2) is 19.6 Å². The third-order valence-electron chi connectivity index (χ3n) is 2.62. The Morgan fingerprint density at radius 3 is 2.24 bits per heavy atom. The molecule has 0 spiro atoms. The van der Waals surface area contributed by atoms with Gasteiger partial charge >= 0.3 is 0 Å². The highest BCUT2D eigenvalue weighted by molar-refractivity contribution is 5.85. The summed E-state index contributed by atoms with van der Waals surface area (Å²) in [5.74, 6) is 2.57. The zero-order chi connectivity index (χ0) is 11.8. The van der Waals surface area contributed by atoms with E-state index in [1.165, 1.54) is 11.3 Å². The van der Waals surface area contributed by atoms with E-state index in [1.807, 2.05) is 0 Å². The first kappa shape index (κ1) is 15.8. The number of nitrogens with one attached hydrogen (secondary N) is 1. The fourth-order valence-corrected chi connectivity index (χ4v) is 1.69. The zero-order valence-electron chi connectivity index (χ0n) is 10.6. The van der Waals surface area contributed by atoms with Crippen molar-refractivity contribution in [3.63, 3.8) is 0 Å². The van der Waals surface area contributed by atoms with Crippen molar-refractivity contribution >= 4 is 18.1 Å². The molecule has 0 aliphatic rings. The SMILES string of the molecule is C#CCNCc1ccc(N(CC)CC)cc1.Cl. The van der Waals surface area contributed by atoms with Gasteiger partial charge in [0.1, 0.15) is 0 Å². The molecule has 0 atom stereocenters. The smallest absolute Gasteiger partial charge is 0.0576 e. The number of nitrogens with zero attached hydrogens (tertiary/aromatic N) is 1. The van der Waals surface area contributed by atoms with Crippen molar-refractivity contribution in [2.24, 2.45) is 0 Å². The molecule has 0 bridgehead atoms. The zero-order valence-corrected chi connectivity index (χ0v) is 11.4. The first-order chi connectivity index (χ1) is 7.81. The molecule has 17 heavy (non-hydrogen) atoms. The molecule has 3 heteroatoms. The van der Waals surface area contributed by atoms with Gasteiger partial charge in [-0.1, -0.05) is 18.1 Å². The molecule has 0 unspecified atom stereocenters. The second-order valence-corrected chi connectivity index (χ2v) is 3.65. The predicted octanol–water partition coefficient (Wildman–Crippen LogP) is 2.68. The van der Waals surface area contributed by atoms with E-state index in [1.54, 1.807) is 0 Å². The summed E-state index contributed by atoms with van der Waals surface area (Å²) >= 11 is 0. The maximum atomic E-state index is 5.17. The van der Waals surface area contributed by atoms with Gasteiger partial charge in [-0.15, -0.1) is 18.8 Å². The third kappa shape index (κ3) is 5.12. The Morgan fingerprint density at radius 1 is 1.18 bits per heavy atom. The van der Waals surface area contributed by atoms with Crippen LogP contribution in [0.15, 0.2) is 24.3 Å². The van der Waals surface area contributed by atoms with Crippen molar-refractivity contribution in [3.05, 3.63) is 29.8 Å². The first-order valence-electron chi connectivity index (χ1n) is 5.79. The summed E-state index contributed by atoms with van der Waals surface area (Å²) < 4.78 is 0. The largest absolute Gasteiger partial charge is 0.372 e. The molecule has 0 heterocycles. The van der Waals surface area contributed by atoms with Gasteiger partial charge in [0.2, 0.25) is 0 Å². The summed E-state index contributed by atoms with van der Waals surface area (Å²) in [5, 5.41) is 3.18. The molecule has 0 fully saturated rings. The summed E-state index contributed by atoms with van der Waals surface area (Å²) in [4.78, 5) is 2.33. The van der Waals surface area contributed by atoms with E-state index in [0.717, 1.165) is 19.6 Å². The Balaban J connectivity index is 0.00000256. The predicted molar refractivity (Wildman–Crippen MR) is 77.8 cm³/mol. The molecule has 0 saturated carbocycles. The summed E-state index contributed by atoms with van der Waals surface area (Å²) in [5.41, 5.74) is 2.55. The topological polar surface area (TPSA) is 15.3 Å². The lowest BCUT2D eigenvalue weighted by Crippen LogP contribution is -2.21. The molecule has 0 aromatic heterocycles. The average molecular weight is 253 g/mol. The Kier molecular flexibility index (Phi) is 8.31. The fraction of sp³-hybridized carbons (Fsp3) is 0.429. The van der Waals surface area contributed by atoms with Crippen LogP contribution in [0.2, 0.25) is 0 Å². The second-order valence-electron chi connectivity index (χ2n) is 3.65. The molecule has 1 rings (SSSR count). The van der Waals surface area contributed by atoms with Gasteiger partial charge in [0.25, 0.3) is 0 Å². The molecule has 1 N–H and O–H groups in total. The molecule has 0 saturated heterocycles. The van der Waals surface area contributed by atoms with Gasteiger partial charge in [-0.3, -0.25) is 0 Å². The van der Waals surface area contributed by atoms with E-state index in [-0.39, 0.29) is 12.4 Å². The van der Waals surface area contributed by atoms with Crippen molar-refractivity contribution in [3.8, 4) is 12.3 Å². The van der Waals surface area contributed by atoms with Crippen molar-refractivity contribution in [1.29, 1.82) is 0 Å². The van der Waals surface area contributed by atoms with E-state index >= 15 is 0 Å². The van der Waals surface area contributed by atoms with Gasteiger partial charge in [-0.25, -0.2) is 0 Å². The van der Waals surface area contributed by atoms with Crippen LogP contribution >= 0.6 is 12.4 Å². The van der Waals surface area contributed by atoms with Crippen LogP contribution in [0.3, 0.4) is 0 Å². The summed E-state index contributed by atoms with van der Waals surface area (Å²) in [6.07, 6.45) is 5.17. The van der Waals surface area contributed by atoms with Gasteiger partial charge in [0, 0.05) is 25.3 Å². The van der Waals surface area contributed by atoms with Crippen LogP contribution in [0.5, 0.6) is 0 Å². The second kappa shape index (κ2) is 8.92. The van der Waals surface area contributed by atoms with Crippen LogP contribution in [0, 0.1) is 12.3 Å². The minimum atomic E-state index is 0. The van der Waals surface area contributed by atoms with Crippen LogP contribution in [0.25, 0.3) is 0 Å². The molecular weight excluding hydrogens is 232 g/mol. The molecule has 2 nitrogen and oxygen atoms in total. The molecule has 1 aromatic rings. The van der Waals surface area contributed by atoms with Crippen molar-refractivity contribution < 1.29 is 0 Å². The van der Waals surface area contributed by atoms with Gasteiger partial charge in [-0.05, 0) is 31.5 Å². The summed E-state index contributed by atoms with van der Waals surface area (Å²) in [7, 11) is 0. The van der Waals surface area contributed by atoms with Gasteiger partial charge in [0.05, 0.1) is 6.54 Å². The molecule has 0 amide bonds. The standard InChI is InChI=1S/C14H20N2.ClH/c1-4-11-15-12-13-7-9-14(10-8-13)16(5-2)6-3;/h1,7-10,15H,5-6,11-12H2,2-3H3;1H. The van der Waals surface area contributed by atoms with Crippen LogP contribution in [0.4, 0.5) is 5.69 Å². The average Bonchev–Trinajstić information content (AvgIpc) is 2.33. The van der Waals surface area contributed by atoms with E-state index in [9.17, 15) is 0 Å². The highest BCUT2D eigenvalue weighted by Gasteiger charge is 2.00. The summed E-state index contributed by atoms with van der Waals surface area (Å²) in [6, 6.07) is 8.63. The lowest BCUT2D eigenvalue weighted by Gasteiger charge is -2.21. The van der Waals surface area contributed by atoms with Crippen LogP contribution < -0.4 is 10.2 Å². The lowest BCUT2D eigenvalue weighted by atomic mass is 10.2. The minimum Gasteiger partial charge on any atom is -0.372 e. The number of halogens is 1. The van der Waals surface area contributed by atoms with E-state index < -0.39 is 0 Å². The quantitative estimate of drug-likeness (QED) is 0.619. The third-order valence-corrected chi connectivity index (χ3v) is 2.62. The molecule has 0 aliphatic carbocycles. The number of benzene rings is 1. The number of rotatable bonds is 6. The molecule has 1 aromatic carbocycles. The lowest BCUT2D eigenvalue weighted by molar-refractivity contribution is 0.769. The van der Waals surface area contributed by atoms with Crippen molar-refractivity contribution in [1.82, 2.24) is 5.32 Å². The van der Waals surface area contributed by atoms with Gasteiger partial charge in [-0.2, -0.15) is 0 Å². The van der Waals surface area contributed by atoms with Gasteiger partial charge in [0.15, 0.2) is 0 Å². The highest BCUT2D eigenvalue weighted by Crippen LogP contribution is 2.14. The molecular formula is C14H21ClN2. The van der Waals surface area contributed by atoms with Crippen LogP contribution in [0.1, 0.15) is 19.4 Å². The van der Waals surface area contributed by atoms with E-state index in [4.69, 9.17) is 6.42 Å². The monoisotopic (exact) mass is 252 g/mol. The van der Waals surface area contributed by atoms with Crippen molar-refractivity contribution in [2.45, 2.75) is 20.4 Å². The highest BCUT2D eigenvalue weighted by atomic mass is 35.5. The molecule has 0 radical (unpaired) electrons. The van der Waals surface area contributed by atoms with Gasteiger partial charge < -0.3 is 10.2 Å².